The number of carbonyl (C=O) groups excluding carboxylic acids is 2. The second kappa shape index (κ2) is 6.52. The molecule has 24 heavy (non-hydrogen) atoms. The highest BCUT2D eigenvalue weighted by Crippen LogP contribution is 2.25. The minimum absolute atomic E-state index is 0.0137. The van der Waals surface area contributed by atoms with Crippen LogP contribution >= 0.6 is 0 Å². The van der Waals surface area contributed by atoms with E-state index in [-0.39, 0.29) is 41.1 Å². The number of sulfonamides is 1. The molecule has 3 N–H and O–H groups in total. The smallest absolute Gasteiger partial charge is 0.238 e. The topological polar surface area (TPSA) is 110 Å². The summed E-state index contributed by atoms with van der Waals surface area (Å²) in [6, 6.07) is 6.00. The first-order valence-corrected chi connectivity index (χ1v) is 9.23. The quantitative estimate of drug-likeness (QED) is 0.826. The maximum Gasteiger partial charge on any atom is 0.238 e. The van der Waals surface area contributed by atoms with Crippen molar-refractivity contribution in [3.05, 3.63) is 29.8 Å². The van der Waals surface area contributed by atoms with Gasteiger partial charge in [0, 0.05) is 25.0 Å². The molecule has 0 spiro atoms. The molecule has 1 atom stereocenters. The number of hydrogen-bond donors (Lipinski definition) is 2. The molecule has 0 saturated carbocycles. The van der Waals surface area contributed by atoms with Gasteiger partial charge in [0.2, 0.25) is 21.8 Å². The summed E-state index contributed by atoms with van der Waals surface area (Å²) in [5, 5.41) is 7.83. The number of likely N-dealkylation sites (tertiary alicyclic amines) is 1. The number of nitrogens with two attached hydrogens (primary N) is 1. The molecular weight excluding hydrogens is 330 g/mol. The molecule has 1 fully saturated rings. The Hall–Kier alpha value is -1.93. The minimum atomic E-state index is -3.72. The van der Waals surface area contributed by atoms with Crippen LogP contribution in [-0.4, -0.2) is 37.2 Å². The van der Waals surface area contributed by atoms with E-state index in [1.807, 2.05) is 20.8 Å². The van der Waals surface area contributed by atoms with E-state index >= 15 is 0 Å². The Bertz CT molecular complexity index is 736. The first kappa shape index (κ1) is 18.4. The average Bonchev–Trinajstić information content (AvgIpc) is 2.86. The molecule has 2 amide bonds. The predicted octanol–water partition coefficient (Wildman–Crippen LogP) is 0.597. The summed E-state index contributed by atoms with van der Waals surface area (Å²) >= 11 is 0. The Labute approximate surface area is 142 Å². The Kier molecular flexibility index (Phi) is 5.00. The van der Waals surface area contributed by atoms with E-state index in [9.17, 15) is 18.0 Å². The van der Waals surface area contributed by atoms with Crippen molar-refractivity contribution in [2.24, 2.45) is 11.1 Å². The summed E-state index contributed by atoms with van der Waals surface area (Å²) in [7, 11) is -3.72. The van der Waals surface area contributed by atoms with Gasteiger partial charge in [0.15, 0.2) is 0 Å². The van der Waals surface area contributed by atoms with Gasteiger partial charge in [-0.05, 0) is 38.5 Å². The van der Waals surface area contributed by atoms with Crippen LogP contribution in [0.15, 0.2) is 29.2 Å². The zero-order valence-electron chi connectivity index (χ0n) is 14.1. The number of carbonyl (C=O) groups is 2. The molecule has 0 aromatic heterocycles. The highest BCUT2D eigenvalue weighted by molar-refractivity contribution is 7.89. The van der Waals surface area contributed by atoms with Gasteiger partial charge in [-0.3, -0.25) is 9.59 Å². The lowest BCUT2D eigenvalue weighted by molar-refractivity contribution is -0.132. The van der Waals surface area contributed by atoms with Gasteiger partial charge in [-0.15, -0.1) is 0 Å². The van der Waals surface area contributed by atoms with Crippen LogP contribution in [-0.2, 0) is 26.2 Å². The van der Waals surface area contributed by atoms with Gasteiger partial charge in [-0.1, -0.05) is 12.1 Å². The highest BCUT2D eigenvalue weighted by atomic mass is 32.2. The summed E-state index contributed by atoms with van der Waals surface area (Å²) < 4.78 is 22.4. The van der Waals surface area contributed by atoms with Gasteiger partial charge < -0.3 is 10.2 Å². The van der Waals surface area contributed by atoms with Crippen LogP contribution in [0.25, 0.3) is 0 Å². The number of amides is 2. The lowest BCUT2D eigenvalue weighted by atomic mass is 10.1. The Morgan fingerprint density at radius 1 is 1.29 bits per heavy atom. The van der Waals surface area contributed by atoms with E-state index < -0.39 is 10.0 Å². The summed E-state index contributed by atoms with van der Waals surface area (Å²) in [4.78, 5) is 26.0. The maximum absolute atomic E-state index is 12.3. The van der Waals surface area contributed by atoms with Gasteiger partial charge >= 0.3 is 0 Å². The summed E-state index contributed by atoms with van der Waals surface area (Å²) in [6.45, 7) is 6.51. The third kappa shape index (κ3) is 4.33. The summed E-state index contributed by atoms with van der Waals surface area (Å²) in [6.07, 6.45) is 0.216. The molecule has 1 saturated heterocycles. The Balaban J connectivity index is 1.93. The van der Waals surface area contributed by atoms with Gasteiger partial charge in [0.1, 0.15) is 0 Å². The monoisotopic (exact) mass is 353 g/mol. The fourth-order valence-electron chi connectivity index (χ4n) is 2.66. The zero-order valence-corrected chi connectivity index (χ0v) is 14.9. The Morgan fingerprint density at radius 3 is 2.33 bits per heavy atom. The number of primary sulfonamides is 1. The molecule has 132 valence electrons. The van der Waals surface area contributed by atoms with E-state index in [1.165, 1.54) is 12.1 Å². The molecule has 0 bridgehead atoms. The number of nitrogens with one attached hydrogen (secondary N) is 1. The number of benzene rings is 1. The second-order valence-electron chi connectivity index (χ2n) is 6.98. The summed E-state index contributed by atoms with van der Waals surface area (Å²) in [5.74, 6) is -0.550. The fourth-order valence-corrected chi connectivity index (χ4v) is 3.18. The molecule has 7 nitrogen and oxygen atoms in total. The SMILES string of the molecule is CC(C)(C)N1C[C@H](C(=O)NCc2ccc(S(N)(=O)=O)cc2)CC1=O. The van der Waals surface area contributed by atoms with Crippen LogP contribution < -0.4 is 10.5 Å². The lowest BCUT2D eigenvalue weighted by Gasteiger charge is -2.31. The molecule has 1 aromatic carbocycles. The van der Waals surface area contributed by atoms with Crippen LogP contribution in [0.2, 0.25) is 0 Å². The van der Waals surface area contributed by atoms with Crippen molar-refractivity contribution in [2.45, 2.75) is 44.2 Å². The zero-order chi connectivity index (χ0) is 18.1. The lowest BCUT2D eigenvalue weighted by Crippen LogP contribution is -2.43. The second-order valence-corrected chi connectivity index (χ2v) is 8.54. The Morgan fingerprint density at radius 2 is 1.88 bits per heavy atom. The number of nitrogens with zero attached hydrogens (tertiary/aromatic N) is 1. The first-order valence-electron chi connectivity index (χ1n) is 7.68. The molecule has 2 rings (SSSR count). The normalized spacial score (nSPS) is 18.8. The van der Waals surface area contributed by atoms with Gasteiger partial charge in [-0.2, -0.15) is 0 Å². The fraction of sp³-hybridized carbons (Fsp3) is 0.500. The highest BCUT2D eigenvalue weighted by Gasteiger charge is 2.39. The third-order valence-corrected chi connectivity index (χ3v) is 4.95. The van der Waals surface area contributed by atoms with Crippen molar-refractivity contribution >= 4 is 21.8 Å². The molecule has 0 unspecified atom stereocenters. The van der Waals surface area contributed by atoms with Crippen molar-refractivity contribution < 1.29 is 18.0 Å². The molecule has 8 heteroatoms. The average molecular weight is 353 g/mol. The maximum atomic E-state index is 12.3. The molecule has 1 aliphatic rings. The third-order valence-electron chi connectivity index (χ3n) is 4.02. The van der Waals surface area contributed by atoms with Crippen LogP contribution in [0.3, 0.4) is 0 Å². The molecule has 1 aromatic rings. The largest absolute Gasteiger partial charge is 0.352 e. The van der Waals surface area contributed by atoms with Crippen LogP contribution in [0, 0.1) is 5.92 Å². The molecule has 1 aliphatic heterocycles. The van der Waals surface area contributed by atoms with E-state index in [4.69, 9.17) is 5.14 Å². The van der Waals surface area contributed by atoms with Crippen molar-refractivity contribution in [3.63, 3.8) is 0 Å². The van der Waals surface area contributed by atoms with Crippen molar-refractivity contribution in [1.29, 1.82) is 0 Å². The van der Waals surface area contributed by atoms with E-state index in [0.717, 1.165) is 5.56 Å². The van der Waals surface area contributed by atoms with E-state index in [2.05, 4.69) is 5.32 Å². The summed E-state index contributed by atoms with van der Waals surface area (Å²) in [5.41, 5.74) is 0.461. The van der Waals surface area contributed by atoms with Gasteiger partial charge in [0.05, 0.1) is 10.8 Å². The van der Waals surface area contributed by atoms with Crippen LogP contribution in [0.4, 0.5) is 0 Å². The van der Waals surface area contributed by atoms with Crippen molar-refractivity contribution in [3.8, 4) is 0 Å². The van der Waals surface area contributed by atoms with E-state index in [1.54, 1.807) is 17.0 Å². The molecular formula is C16H23N3O4S. The number of rotatable bonds is 4. The number of hydrogen-bond acceptors (Lipinski definition) is 4. The van der Waals surface area contributed by atoms with Crippen LogP contribution in [0.5, 0.6) is 0 Å². The van der Waals surface area contributed by atoms with Gasteiger partial charge in [0.25, 0.3) is 0 Å². The molecule has 0 radical (unpaired) electrons. The van der Waals surface area contributed by atoms with Crippen molar-refractivity contribution in [1.82, 2.24) is 10.2 Å². The molecule has 1 heterocycles. The van der Waals surface area contributed by atoms with E-state index in [0.29, 0.717) is 6.54 Å². The predicted molar refractivity (Wildman–Crippen MR) is 89.2 cm³/mol. The minimum Gasteiger partial charge on any atom is -0.352 e. The van der Waals surface area contributed by atoms with Crippen LogP contribution in [0.1, 0.15) is 32.8 Å². The van der Waals surface area contributed by atoms with Crippen molar-refractivity contribution in [2.75, 3.05) is 6.54 Å². The standard InChI is InChI=1S/C16H23N3O4S/c1-16(2,3)19-10-12(8-14(19)20)15(21)18-9-11-4-6-13(7-5-11)24(17,22)23/h4-7,12H,8-10H2,1-3H3,(H,18,21)(H2,17,22,23)/t12-/m1/s1. The first-order chi connectivity index (χ1) is 11.0. The molecule has 0 aliphatic carbocycles. The van der Waals surface area contributed by atoms with Gasteiger partial charge in [-0.25, -0.2) is 13.6 Å².